The molecule has 152 valence electrons. The maximum atomic E-state index is 14.5. The molecule has 1 saturated carbocycles. The number of H-pyrrole nitrogens is 1. The second-order valence-corrected chi connectivity index (χ2v) is 7.64. The van der Waals surface area contributed by atoms with Crippen molar-refractivity contribution in [2.24, 2.45) is 0 Å². The highest BCUT2D eigenvalue weighted by Crippen LogP contribution is 2.29. The van der Waals surface area contributed by atoms with E-state index in [1.54, 1.807) is 18.5 Å². The van der Waals surface area contributed by atoms with Gasteiger partial charge in [0.05, 0.1) is 11.2 Å². The third kappa shape index (κ3) is 4.17. The molecule has 1 aliphatic rings. The third-order valence-electron chi connectivity index (χ3n) is 5.24. The minimum atomic E-state index is -0.532. The van der Waals surface area contributed by atoms with Gasteiger partial charge in [0.25, 0.3) is 0 Å². The SMILES string of the molecule is CCC(=O)NC1CCCCC1Nc1nc(-c2c[nH]c3ncc(Cl)cc23)ncc1F. The van der Waals surface area contributed by atoms with Crippen molar-refractivity contribution in [2.45, 2.75) is 51.1 Å². The summed E-state index contributed by atoms with van der Waals surface area (Å²) >= 11 is 6.07. The molecule has 0 aliphatic heterocycles. The van der Waals surface area contributed by atoms with Crippen molar-refractivity contribution < 1.29 is 9.18 Å². The van der Waals surface area contributed by atoms with Crippen LogP contribution in [0.15, 0.2) is 24.7 Å². The summed E-state index contributed by atoms with van der Waals surface area (Å²) in [4.78, 5) is 27.7. The molecule has 3 heterocycles. The maximum absolute atomic E-state index is 14.5. The Labute approximate surface area is 172 Å². The summed E-state index contributed by atoms with van der Waals surface area (Å²) in [5, 5.41) is 7.49. The van der Waals surface area contributed by atoms with Crippen LogP contribution in [-0.4, -0.2) is 37.9 Å². The quantitative estimate of drug-likeness (QED) is 0.582. The number of pyridine rings is 1. The number of carbonyl (C=O) groups excluding carboxylic acids is 1. The number of hydrogen-bond acceptors (Lipinski definition) is 5. The van der Waals surface area contributed by atoms with Gasteiger partial charge < -0.3 is 15.6 Å². The number of nitrogens with one attached hydrogen (secondary N) is 3. The van der Waals surface area contributed by atoms with Gasteiger partial charge in [0.2, 0.25) is 5.91 Å². The highest BCUT2D eigenvalue weighted by atomic mass is 35.5. The van der Waals surface area contributed by atoms with E-state index < -0.39 is 5.82 Å². The van der Waals surface area contributed by atoms with Gasteiger partial charge in [-0.3, -0.25) is 4.79 Å². The van der Waals surface area contributed by atoms with Crippen molar-refractivity contribution in [3.05, 3.63) is 35.5 Å². The molecule has 2 unspecified atom stereocenters. The van der Waals surface area contributed by atoms with Gasteiger partial charge in [0, 0.05) is 41.8 Å². The van der Waals surface area contributed by atoms with Crippen LogP contribution in [0, 0.1) is 5.82 Å². The summed E-state index contributed by atoms with van der Waals surface area (Å²) in [6.07, 6.45) is 8.61. The van der Waals surface area contributed by atoms with E-state index in [4.69, 9.17) is 11.6 Å². The van der Waals surface area contributed by atoms with Crippen molar-refractivity contribution in [3.8, 4) is 11.4 Å². The van der Waals surface area contributed by atoms with Crippen LogP contribution in [0.4, 0.5) is 10.2 Å². The Balaban J connectivity index is 1.62. The van der Waals surface area contributed by atoms with Crippen LogP contribution in [0.1, 0.15) is 39.0 Å². The zero-order chi connectivity index (χ0) is 20.4. The fourth-order valence-electron chi connectivity index (χ4n) is 3.72. The van der Waals surface area contributed by atoms with Gasteiger partial charge in [0.1, 0.15) is 5.65 Å². The molecule has 2 atom stereocenters. The van der Waals surface area contributed by atoms with Gasteiger partial charge in [-0.1, -0.05) is 31.4 Å². The second kappa shape index (κ2) is 8.32. The molecule has 1 aliphatic carbocycles. The Kier molecular flexibility index (Phi) is 5.62. The number of halogens is 2. The number of rotatable bonds is 5. The van der Waals surface area contributed by atoms with Gasteiger partial charge >= 0.3 is 0 Å². The Morgan fingerprint density at radius 3 is 2.86 bits per heavy atom. The first-order valence-corrected chi connectivity index (χ1v) is 10.1. The molecule has 29 heavy (non-hydrogen) atoms. The number of aromatic nitrogens is 4. The number of anilines is 1. The van der Waals surface area contributed by atoms with E-state index in [9.17, 15) is 9.18 Å². The fraction of sp³-hybridized carbons (Fsp3) is 0.400. The summed E-state index contributed by atoms with van der Waals surface area (Å²) in [6.45, 7) is 1.82. The molecule has 0 spiro atoms. The first-order valence-electron chi connectivity index (χ1n) is 9.76. The maximum Gasteiger partial charge on any atom is 0.220 e. The number of fused-ring (bicyclic) bond motifs is 1. The van der Waals surface area contributed by atoms with Gasteiger partial charge in [0.15, 0.2) is 17.5 Å². The van der Waals surface area contributed by atoms with Crippen LogP contribution in [-0.2, 0) is 4.79 Å². The lowest BCUT2D eigenvalue weighted by Crippen LogP contribution is -2.48. The van der Waals surface area contributed by atoms with E-state index in [-0.39, 0.29) is 23.8 Å². The van der Waals surface area contributed by atoms with Gasteiger partial charge in [-0.25, -0.2) is 19.3 Å². The number of carbonyl (C=O) groups is 1. The standard InChI is InChI=1S/C20H22ClFN6O/c1-2-17(29)26-15-5-3-4-6-16(15)27-20-14(22)10-25-19(28-20)13-9-24-18-12(13)7-11(21)8-23-18/h7-10,15-16H,2-6H2,1H3,(H,23,24)(H,26,29)(H,25,27,28). The first kappa shape index (κ1) is 19.6. The average molecular weight is 417 g/mol. The van der Waals surface area contributed by atoms with Crippen LogP contribution in [0.2, 0.25) is 5.02 Å². The van der Waals surface area contributed by atoms with E-state index >= 15 is 0 Å². The fourth-order valence-corrected chi connectivity index (χ4v) is 3.88. The molecule has 0 radical (unpaired) electrons. The van der Waals surface area contributed by atoms with Crippen LogP contribution < -0.4 is 10.6 Å². The summed E-state index contributed by atoms with van der Waals surface area (Å²) < 4.78 is 14.5. The summed E-state index contributed by atoms with van der Waals surface area (Å²) in [6, 6.07) is 1.63. The summed E-state index contributed by atoms with van der Waals surface area (Å²) in [7, 11) is 0. The highest BCUT2D eigenvalue weighted by molar-refractivity contribution is 6.31. The lowest BCUT2D eigenvalue weighted by Gasteiger charge is -2.33. The van der Waals surface area contributed by atoms with Crippen LogP contribution in [0.3, 0.4) is 0 Å². The molecule has 0 aromatic carbocycles. The lowest BCUT2D eigenvalue weighted by atomic mass is 9.90. The van der Waals surface area contributed by atoms with Gasteiger partial charge in [-0.15, -0.1) is 0 Å². The van der Waals surface area contributed by atoms with E-state index in [1.807, 2.05) is 6.92 Å². The smallest absolute Gasteiger partial charge is 0.220 e. The zero-order valence-electron chi connectivity index (χ0n) is 16.0. The summed E-state index contributed by atoms with van der Waals surface area (Å²) in [5.74, 6) is -0.0391. The van der Waals surface area contributed by atoms with Gasteiger partial charge in [-0.05, 0) is 18.9 Å². The van der Waals surface area contributed by atoms with Crippen molar-refractivity contribution in [3.63, 3.8) is 0 Å². The zero-order valence-corrected chi connectivity index (χ0v) is 16.8. The van der Waals surface area contributed by atoms with E-state index in [0.29, 0.717) is 28.5 Å². The Morgan fingerprint density at radius 2 is 2.07 bits per heavy atom. The number of hydrogen-bond donors (Lipinski definition) is 3. The van der Waals surface area contributed by atoms with E-state index in [2.05, 4.69) is 30.6 Å². The first-order chi connectivity index (χ1) is 14.0. The average Bonchev–Trinajstić information content (AvgIpc) is 3.14. The van der Waals surface area contributed by atoms with Crippen molar-refractivity contribution in [2.75, 3.05) is 5.32 Å². The topological polar surface area (TPSA) is 95.6 Å². The van der Waals surface area contributed by atoms with Crippen LogP contribution in [0.25, 0.3) is 22.4 Å². The highest BCUT2D eigenvalue weighted by Gasteiger charge is 2.27. The van der Waals surface area contributed by atoms with E-state index in [0.717, 1.165) is 37.3 Å². The Bertz CT molecular complexity index is 1040. The molecule has 7 nitrogen and oxygen atoms in total. The molecule has 3 aromatic heterocycles. The molecular formula is C20H22ClFN6O. The van der Waals surface area contributed by atoms with E-state index in [1.165, 1.54) is 0 Å². The molecule has 3 N–H and O–H groups in total. The van der Waals surface area contributed by atoms with Crippen LogP contribution >= 0.6 is 11.6 Å². The Hall–Kier alpha value is -2.74. The third-order valence-corrected chi connectivity index (χ3v) is 5.44. The van der Waals surface area contributed by atoms with Gasteiger partial charge in [-0.2, -0.15) is 0 Å². The normalized spacial score (nSPS) is 19.3. The number of nitrogens with zero attached hydrogens (tertiary/aromatic N) is 3. The van der Waals surface area contributed by atoms with Crippen molar-refractivity contribution >= 4 is 34.4 Å². The molecule has 0 saturated heterocycles. The molecule has 3 aromatic rings. The Morgan fingerprint density at radius 1 is 1.28 bits per heavy atom. The van der Waals surface area contributed by atoms with Crippen LogP contribution in [0.5, 0.6) is 0 Å². The monoisotopic (exact) mass is 416 g/mol. The molecule has 1 amide bonds. The predicted molar refractivity (Wildman–Crippen MR) is 110 cm³/mol. The molecular weight excluding hydrogens is 395 g/mol. The largest absolute Gasteiger partial charge is 0.363 e. The second-order valence-electron chi connectivity index (χ2n) is 7.21. The molecule has 9 heteroatoms. The van der Waals surface area contributed by atoms with Crippen molar-refractivity contribution in [1.29, 1.82) is 0 Å². The summed E-state index contributed by atoms with van der Waals surface area (Å²) in [5.41, 5.74) is 1.35. The number of amides is 1. The molecule has 0 bridgehead atoms. The van der Waals surface area contributed by atoms with Crippen molar-refractivity contribution in [1.82, 2.24) is 25.3 Å². The minimum absolute atomic E-state index is 0.00396. The lowest BCUT2D eigenvalue weighted by molar-refractivity contribution is -0.121. The predicted octanol–water partition coefficient (Wildman–Crippen LogP) is 4.06. The minimum Gasteiger partial charge on any atom is -0.363 e. The molecule has 4 rings (SSSR count). The molecule has 1 fully saturated rings. The number of aromatic amines is 1.